The Balaban J connectivity index is 2.54. The molecule has 1 aliphatic carbocycles. The summed E-state index contributed by atoms with van der Waals surface area (Å²) in [6.45, 7) is 8.82. The summed E-state index contributed by atoms with van der Waals surface area (Å²) in [4.78, 5) is 4.80. The van der Waals surface area contributed by atoms with Crippen LogP contribution in [0.15, 0.2) is 16.8 Å². The van der Waals surface area contributed by atoms with Crippen LogP contribution in [0.25, 0.3) is 0 Å². The number of unbranched alkanes of at least 4 members (excludes halogenated alkanes) is 1. The minimum atomic E-state index is 0.135. The highest BCUT2D eigenvalue weighted by Gasteiger charge is 2.11. The third kappa shape index (κ3) is 8.07. The molecule has 2 nitrogen and oxygen atoms in total. The number of rotatable bonds is 6. The Morgan fingerprint density at radius 2 is 1.89 bits per heavy atom. The van der Waals surface area contributed by atoms with Crippen LogP contribution in [0.3, 0.4) is 0 Å². The van der Waals surface area contributed by atoms with E-state index in [0.717, 1.165) is 6.42 Å². The normalized spacial score (nSPS) is 19.1. The molecule has 1 N–H and O–H groups in total. The average Bonchev–Trinajstić information content (AvgIpc) is 2.38. The summed E-state index contributed by atoms with van der Waals surface area (Å²) in [6.07, 6.45) is 14.6. The predicted octanol–water partition coefficient (Wildman–Crippen LogP) is 4.85. The van der Waals surface area contributed by atoms with Crippen LogP contribution < -0.4 is 5.32 Å². The van der Waals surface area contributed by atoms with Gasteiger partial charge in [0, 0.05) is 24.0 Å². The molecule has 0 aromatic heterocycles. The third-order valence-corrected chi connectivity index (χ3v) is 3.54. The van der Waals surface area contributed by atoms with Crippen molar-refractivity contribution >= 4 is 6.21 Å². The minimum Gasteiger partial charge on any atom is -0.386 e. The maximum Gasteiger partial charge on any atom is 0.0499 e. The van der Waals surface area contributed by atoms with Crippen LogP contribution in [0.5, 0.6) is 0 Å². The van der Waals surface area contributed by atoms with Gasteiger partial charge in [-0.05, 0) is 52.0 Å². The Morgan fingerprint density at radius 1 is 1.21 bits per heavy atom. The van der Waals surface area contributed by atoms with Gasteiger partial charge >= 0.3 is 0 Å². The molecule has 0 heterocycles. The molecule has 1 saturated carbocycles. The average molecular weight is 264 g/mol. The first-order valence-electron chi connectivity index (χ1n) is 8.01. The molecule has 1 aliphatic rings. The van der Waals surface area contributed by atoms with Gasteiger partial charge in [0.25, 0.3) is 0 Å². The van der Waals surface area contributed by atoms with E-state index >= 15 is 0 Å². The van der Waals surface area contributed by atoms with Crippen molar-refractivity contribution in [3.63, 3.8) is 0 Å². The Bertz CT molecular complexity index is 291. The molecule has 110 valence electrons. The Morgan fingerprint density at radius 3 is 2.47 bits per heavy atom. The Hall–Kier alpha value is -0.790. The zero-order valence-electron chi connectivity index (χ0n) is 13.3. The number of aliphatic imine (C=N–C) groups is 1. The summed E-state index contributed by atoms with van der Waals surface area (Å²) >= 11 is 0. The van der Waals surface area contributed by atoms with Crippen molar-refractivity contribution in [3.8, 4) is 0 Å². The molecule has 1 rings (SSSR count). The van der Waals surface area contributed by atoms with Crippen molar-refractivity contribution in [2.75, 3.05) is 0 Å². The van der Waals surface area contributed by atoms with E-state index in [4.69, 9.17) is 4.99 Å². The number of hydrogen-bond donors (Lipinski definition) is 1. The van der Waals surface area contributed by atoms with Crippen LogP contribution in [-0.4, -0.2) is 17.8 Å². The first kappa shape index (κ1) is 16.3. The molecular weight excluding hydrogens is 232 g/mol. The second-order valence-electron chi connectivity index (χ2n) is 6.79. The zero-order valence-corrected chi connectivity index (χ0v) is 13.3. The first-order chi connectivity index (χ1) is 9.01. The molecule has 0 atom stereocenters. The molecule has 0 saturated heterocycles. The van der Waals surface area contributed by atoms with Gasteiger partial charge < -0.3 is 5.32 Å². The lowest BCUT2D eigenvalue weighted by molar-refractivity contribution is 0.444. The second-order valence-corrected chi connectivity index (χ2v) is 6.79. The minimum absolute atomic E-state index is 0.135. The predicted molar refractivity (Wildman–Crippen MR) is 85.9 cm³/mol. The van der Waals surface area contributed by atoms with Crippen molar-refractivity contribution in [1.29, 1.82) is 0 Å². The molecule has 0 aromatic rings. The van der Waals surface area contributed by atoms with Gasteiger partial charge in [-0.15, -0.1) is 0 Å². The van der Waals surface area contributed by atoms with Crippen LogP contribution in [0.2, 0.25) is 0 Å². The molecule has 1 fully saturated rings. The van der Waals surface area contributed by atoms with E-state index in [9.17, 15) is 0 Å². The quantitative estimate of drug-likeness (QED) is 0.681. The second kappa shape index (κ2) is 8.39. The fourth-order valence-electron chi connectivity index (χ4n) is 2.30. The van der Waals surface area contributed by atoms with Gasteiger partial charge in [-0.1, -0.05) is 32.6 Å². The maximum atomic E-state index is 4.80. The third-order valence-electron chi connectivity index (χ3n) is 3.54. The highest BCUT2D eigenvalue weighted by molar-refractivity contribution is 5.78. The van der Waals surface area contributed by atoms with Crippen molar-refractivity contribution in [1.82, 2.24) is 5.32 Å². The van der Waals surface area contributed by atoms with E-state index in [1.165, 1.54) is 50.5 Å². The summed E-state index contributed by atoms with van der Waals surface area (Å²) in [5.41, 5.74) is 1.48. The van der Waals surface area contributed by atoms with Gasteiger partial charge in [-0.2, -0.15) is 0 Å². The van der Waals surface area contributed by atoms with Gasteiger partial charge in [-0.25, -0.2) is 0 Å². The Kier molecular flexibility index (Phi) is 7.19. The number of nitrogens with one attached hydrogen (secondary N) is 1. The van der Waals surface area contributed by atoms with E-state index < -0.39 is 0 Å². The molecule has 0 bridgehead atoms. The fourth-order valence-corrected chi connectivity index (χ4v) is 2.30. The lowest BCUT2D eigenvalue weighted by atomic mass is 9.96. The van der Waals surface area contributed by atoms with E-state index in [1.807, 2.05) is 0 Å². The molecule has 0 unspecified atom stereocenters. The van der Waals surface area contributed by atoms with Crippen LogP contribution >= 0.6 is 0 Å². The zero-order chi connectivity index (χ0) is 14.1. The molecule has 0 spiro atoms. The van der Waals surface area contributed by atoms with E-state index in [1.54, 1.807) is 0 Å². The monoisotopic (exact) mass is 264 g/mol. The summed E-state index contributed by atoms with van der Waals surface area (Å²) in [6, 6.07) is 0.577. The van der Waals surface area contributed by atoms with Crippen molar-refractivity contribution in [3.05, 3.63) is 11.8 Å². The van der Waals surface area contributed by atoms with Crippen LogP contribution in [-0.2, 0) is 0 Å². The van der Waals surface area contributed by atoms with Crippen LogP contribution in [0, 0.1) is 0 Å². The fraction of sp³-hybridized carbons (Fsp3) is 0.824. The highest BCUT2D eigenvalue weighted by Crippen LogP contribution is 2.20. The molecule has 19 heavy (non-hydrogen) atoms. The van der Waals surface area contributed by atoms with Gasteiger partial charge in [0.2, 0.25) is 0 Å². The van der Waals surface area contributed by atoms with Crippen molar-refractivity contribution in [2.45, 2.75) is 90.6 Å². The maximum absolute atomic E-state index is 4.80. The molecular formula is C17H32N2. The lowest BCUT2D eigenvalue weighted by Crippen LogP contribution is -2.31. The molecule has 0 aliphatic heterocycles. The molecule has 0 radical (unpaired) electrons. The smallest absolute Gasteiger partial charge is 0.0499 e. The SMILES string of the molecule is CCCC/C(C=NC1CCCCC1)=C\NC(C)(C)C. The molecule has 0 amide bonds. The summed E-state index contributed by atoms with van der Waals surface area (Å²) in [5, 5.41) is 3.47. The van der Waals surface area contributed by atoms with Crippen molar-refractivity contribution < 1.29 is 0 Å². The summed E-state index contributed by atoms with van der Waals surface area (Å²) in [7, 11) is 0. The van der Waals surface area contributed by atoms with Gasteiger partial charge in [0.1, 0.15) is 0 Å². The lowest BCUT2D eigenvalue weighted by Gasteiger charge is -2.20. The van der Waals surface area contributed by atoms with E-state index in [-0.39, 0.29) is 5.54 Å². The van der Waals surface area contributed by atoms with E-state index in [0.29, 0.717) is 6.04 Å². The number of allylic oxidation sites excluding steroid dienone is 1. The number of nitrogens with zero attached hydrogens (tertiary/aromatic N) is 1. The highest BCUT2D eigenvalue weighted by atomic mass is 14.9. The summed E-state index contributed by atoms with van der Waals surface area (Å²) < 4.78 is 0. The van der Waals surface area contributed by atoms with Crippen molar-refractivity contribution in [2.24, 2.45) is 4.99 Å². The number of hydrogen-bond acceptors (Lipinski definition) is 2. The van der Waals surface area contributed by atoms with E-state index in [2.05, 4.69) is 45.4 Å². The van der Waals surface area contributed by atoms with Crippen LogP contribution in [0.4, 0.5) is 0 Å². The molecule has 0 aromatic carbocycles. The summed E-state index contributed by atoms with van der Waals surface area (Å²) in [5.74, 6) is 0. The standard InChI is InChI=1S/C17H32N2/c1-5-6-10-15(14-19-17(2,3)4)13-18-16-11-8-7-9-12-16/h13-14,16,19H,5-12H2,1-4H3/b15-14+,18-13?. The topological polar surface area (TPSA) is 24.4 Å². The van der Waals surface area contributed by atoms with Gasteiger partial charge in [-0.3, -0.25) is 4.99 Å². The largest absolute Gasteiger partial charge is 0.386 e. The van der Waals surface area contributed by atoms with Gasteiger partial charge in [0.05, 0.1) is 0 Å². The molecule has 2 heteroatoms. The first-order valence-corrected chi connectivity index (χ1v) is 8.01. The van der Waals surface area contributed by atoms with Crippen LogP contribution in [0.1, 0.15) is 79.1 Å². The van der Waals surface area contributed by atoms with Gasteiger partial charge in [0.15, 0.2) is 0 Å². The Labute approximate surface area is 119 Å².